The second kappa shape index (κ2) is 13.7. The van der Waals surface area contributed by atoms with Crippen LogP contribution < -0.4 is 10.2 Å². The molecular weight excluding hydrogens is 586 g/mol. The molecule has 3 aromatic rings. The zero-order valence-electron chi connectivity index (χ0n) is 25.1. The third-order valence-electron chi connectivity index (χ3n) is 8.33. The lowest BCUT2D eigenvalue weighted by atomic mass is 9.96. The van der Waals surface area contributed by atoms with Crippen molar-refractivity contribution in [2.24, 2.45) is 0 Å². The maximum absolute atomic E-state index is 15.7. The first-order chi connectivity index (χ1) is 20.5. The predicted octanol–water partition coefficient (Wildman–Crippen LogP) is 6.29. The Morgan fingerprint density at radius 2 is 1.55 bits per heavy atom. The Morgan fingerprint density at radius 3 is 2.20 bits per heavy atom. The number of para-hydroxylation sites is 1. The number of amides is 3. The van der Waals surface area contributed by atoms with E-state index >= 15 is 8.78 Å². The lowest BCUT2D eigenvalue weighted by Gasteiger charge is -2.35. The van der Waals surface area contributed by atoms with Crippen LogP contribution in [-0.4, -0.2) is 73.2 Å². The highest BCUT2D eigenvalue weighted by molar-refractivity contribution is 6.10. The highest BCUT2D eigenvalue weighted by Crippen LogP contribution is 2.43. The van der Waals surface area contributed by atoms with Gasteiger partial charge in [0.25, 0.3) is 17.7 Å². The quantitative estimate of drug-likeness (QED) is 0.340. The number of anilines is 2. The van der Waals surface area contributed by atoms with Crippen LogP contribution in [-0.2, 0) is 4.79 Å². The summed E-state index contributed by atoms with van der Waals surface area (Å²) in [5.41, 5.74) is 2.30. The molecule has 1 saturated heterocycles. The van der Waals surface area contributed by atoms with Crippen LogP contribution in [0.25, 0.3) is 5.57 Å². The molecule has 1 fully saturated rings. The summed E-state index contributed by atoms with van der Waals surface area (Å²) in [7, 11) is 4.00. The van der Waals surface area contributed by atoms with Crippen LogP contribution in [0.3, 0.4) is 0 Å². The van der Waals surface area contributed by atoms with Gasteiger partial charge in [-0.3, -0.25) is 14.4 Å². The van der Waals surface area contributed by atoms with E-state index in [0.29, 0.717) is 41.6 Å². The van der Waals surface area contributed by atoms with Crippen LogP contribution in [0, 0.1) is 6.92 Å². The Hall–Kier alpha value is -4.08. The first-order valence-corrected chi connectivity index (χ1v) is 14.5. The van der Waals surface area contributed by atoms with Gasteiger partial charge in [-0.25, -0.2) is 8.78 Å². The van der Waals surface area contributed by atoms with Crippen LogP contribution in [0.2, 0.25) is 0 Å². The monoisotopic (exact) mass is 622 g/mol. The van der Waals surface area contributed by atoms with Crippen molar-refractivity contribution in [1.29, 1.82) is 0 Å². The Labute approximate surface area is 262 Å². The molecule has 2 aliphatic heterocycles. The number of nitrogens with zero attached hydrogens (tertiary/aromatic N) is 3. The molecule has 0 bridgehead atoms. The number of benzene rings is 3. The average molecular weight is 623 g/mol. The van der Waals surface area contributed by atoms with Gasteiger partial charge in [0.2, 0.25) is 5.91 Å². The van der Waals surface area contributed by atoms with E-state index in [4.69, 9.17) is 0 Å². The number of carbonyl (C=O) groups excluding carboxylic acids is 3. The number of likely N-dealkylation sites (tertiary alicyclic amines) is 1. The van der Waals surface area contributed by atoms with Crippen molar-refractivity contribution in [2.75, 3.05) is 43.9 Å². The summed E-state index contributed by atoms with van der Waals surface area (Å²) in [5.74, 6) is -4.47. The number of halogens is 3. The van der Waals surface area contributed by atoms with Gasteiger partial charge in [-0.15, -0.1) is 12.4 Å². The van der Waals surface area contributed by atoms with Crippen LogP contribution in [0.1, 0.15) is 51.1 Å². The van der Waals surface area contributed by atoms with Crippen LogP contribution >= 0.6 is 12.4 Å². The van der Waals surface area contributed by atoms with Gasteiger partial charge in [0, 0.05) is 66.1 Å². The number of piperidine rings is 1. The van der Waals surface area contributed by atoms with Gasteiger partial charge >= 0.3 is 0 Å². The second-order valence-electron chi connectivity index (χ2n) is 11.4. The molecule has 232 valence electrons. The third-order valence-corrected chi connectivity index (χ3v) is 8.33. The number of allylic oxidation sites excluding steroid dienone is 1. The lowest BCUT2D eigenvalue weighted by molar-refractivity contribution is -0.127. The highest BCUT2D eigenvalue weighted by atomic mass is 35.5. The van der Waals surface area contributed by atoms with Crippen molar-refractivity contribution in [3.8, 4) is 0 Å². The van der Waals surface area contributed by atoms with Crippen molar-refractivity contribution in [3.05, 3.63) is 101 Å². The third kappa shape index (κ3) is 7.00. The Kier molecular flexibility index (Phi) is 10.2. The highest BCUT2D eigenvalue weighted by Gasteiger charge is 2.42. The van der Waals surface area contributed by atoms with E-state index in [1.807, 2.05) is 33.2 Å². The zero-order valence-corrected chi connectivity index (χ0v) is 25.9. The molecule has 0 spiro atoms. The minimum atomic E-state index is -3.31. The molecule has 0 unspecified atom stereocenters. The Morgan fingerprint density at radius 1 is 0.909 bits per heavy atom. The SMILES string of the molecule is Cc1ccccc1C(=O)Nc1ccc(C(=O)N2CCC(F)(F)C(=CC(=O)N3CCC(N(C)C)CC3)c3ccccc32)cc1.Cl. The molecule has 0 atom stereocenters. The number of aryl methyl sites for hydroxylation is 1. The molecule has 2 heterocycles. The maximum atomic E-state index is 15.7. The van der Waals surface area contributed by atoms with Gasteiger partial charge in [0.05, 0.1) is 5.69 Å². The van der Waals surface area contributed by atoms with Crippen LogP contribution in [0.5, 0.6) is 0 Å². The minimum Gasteiger partial charge on any atom is -0.339 e. The summed E-state index contributed by atoms with van der Waals surface area (Å²) in [6.07, 6.45) is 2.01. The van der Waals surface area contributed by atoms with E-state index in [1.54, 1.807) is 59.5 Å². The molecule has 0 radical (unpaired) electrons. The fourth-order valence-electron chi connectivity index (χ4n) is 5.73. The average Bonchev–Trinajstić information content (AvgIpc) is 3.11. The summed E-state index contributed by atoms with van der Waals surface area (Å²) >= 11 is 0. The van der Waals surface area contributed by atoms with Crippen molar-refractivity contribution in [3.63, 3.8) is 0 Å². The van der Waals surface area contributed by atoms with Gasteiger partial charge in [0.1, 0.15) is 0 Å². The largest absolute Gasteiger partial charge is 0.339 e. The van der Waals surface area contributed by atoms with E-state index in [1.165, 1.54) is 11.0 Å². The van der Waals surface area contributed by atoms with E-state index < -0.39 is 24.2 Å². The molecule has 3 amide bonds. The van der Waals surface area contributed by atoms with Crippen molar-refractivity contribution >= 4 is 47.1 Å². The molecule has 7 nitrogen and oxygen atoms in total. The Balaban J connectivity index is 0.00000442. The van der Waals surface area contributed by atoms with Crippen molar-refractivity contribution in [2.45, 2.75) is 38.2 Å². The molecule has 5 rings (SSSR count). The smallest absolute Gasteiger partial charge is 0.275 e. The van der Waals surface area contributed by atoms with Crippen LogP contribution in [0.15, 0.2) is 78.9 Å². The molecule has 1 N–H and O–H groups in total. The second-order valence-corrected chi connectivity index (χ2v) is 11.4. The number of rotatable bonds is 5. The number of hydrogen-bond donors (Lipinski definition) is 1. The van der Waals surface area contributed by atoms with Gasteiger partial charge in [-0.1, -0.05) is 36.4 Å². The van der Waals surface area contributed by atoms with E-state index in [9.17, 15) is 14.4 Å². The molecule has 0 aromatic heterocycles. The summed E-state index contributed by atoms with van der Waals surface area (Å²) < 4.78 is 31.3. The number of fused-ring (bicyclic) bond motifs is 1. The first kappa shape index (κ1) is 32.8. The van der Waals surface area contributed by atoms with Gasteiger partial charge < -0.3 is 20.0 Å². The number of alkyl halides is 2. The predicted molar refractivity (Wildman–Crippen MR) is 172 cm³/mol. The topological polar surface area (TPSA) is 73.0 Å². The molecular formula is C34H37ClF2N4O3. The summed E-state index contributed by atoms with van der Waals surface area (Å²) in [4.78, 5) is 44.7. The van der Waals surface area contributed by atoms with Gasteiger partial charge in [-0.2, -0.15) is 0 Å². The van der Waals surface area contributed by atoms with Crippen LogP contribution in [0.4, 0.5) is 20.2 Å². The Bertz CT molecular complexity index is 1550. The fraction of sp³-hybridized carbons (Fsp3) is 0.324. The molecule has 0 saturated carbocycles. The molecule has 10 heteroatoms. The summed E-state index contributed by atoms with van der Waals surface area (Å²) in [6.45, 7) is 2.63. The van der Waals surface area contributed by atoms with E-state index in [0.717, 1.165) is 24.5 Å². The van der Waals surface area contributed by atoms with E-state index in [2.05, 4.69) is 10.2 Å². The standard InChI is InChI=1S/C34H36F2N4O3.ClH/c1-23-8-4-5-9-27(23)32(42)37-25-14-12-24(13-15-25)33(43)40-21-18-34(35,36)29(28-10-6-7-11-30(28)40)22-31(41)39-19-16-26(17-20-39)38(2)3;/h4-15,22,26H,16-21H2,1-3H3,(H,37,42);1H. The zero-order chi connectivity index (χ0) is 30.7. The summed E-state index contributed by atoms with van der Waals surface area (Å²) in [6, 6.07) is 20.5. The number of hydrogen-bond acceptors (Lipinski definition) is 4. The minimum absolute atomic E-state index is 0. The number of carbonyl (C=O) groups is 3. The molecule has 3 aromatic carbocycles. The maximum Gasteiger partial charge on any atom is 0.275 e. The fourth-order valence-corrected chi connectivity index (χ4v) is 5.73. The normalized spacial score (nSPS) is 17.5. The van der Waals surface area contributed by atoms with Gasteiger partial charge in [0.15, 0.2) is 0 Å². The van der Waals surface area contributed by atoms with Crippen molar-refractivity contribution < 1.29 is 23.2 Å². The van der Waals surface area contributed by atoms with Gasteiger partial charge in [-0.05, 0) is 75.8 Å². The number of nitrogens with one attached hydrogen (secondary N) is 1. The van der Waals surface area contributed by atoms with E-state index in [-0.39, 0.29) is 36.0 Å². The molecule has 44 heavy (non-hydrogen) atoms. The van der Waals surface area contributed by atoms with Crippen molar-refractivity contribution in [1.82, 2.24) is 9.80 Å². The lowest BCUT2D eigenvalue weighted by Crippen LogP contribution is -2.44. The first-order valence-electron chi connectivity index (χ1n) is 14.5. The summed E-state index contributed by atoms with van der Waals surface area (Å²) in [5, 5.41) is 2.83. The molecule has 2 aliphatic rings. The molecule has 0 aliphatic carbocycles.